The molecule has 0 aromatic rings. The Morgan fingerprint density at radius 2 is 2.08 bits per heavy atom. The van der Waals surface area contributed by atoms with E-state index in [9.17, 15) is 9.59 Å². The molecule has 1 atom stereocenters. The fraction of sp³-hybridized carbons (Fsp3) is 0.750. The number of nitrogens with one attached hydrogen (secondary N) is 2. The lowest BCUT2D eigenvalue weighted by atomic mass is 10.1. The molecular formula is C8H17N3O2. The molecule has 5 heteroatoms. The highest BCUT2D eigenvalue weighted by atomic mass is 16.2. The Labute approximate surface area is 78.1 Å². The lowest BCUT2D eigenvalue weighted by molar-refractivity contribution is -0.128. The second-order valence-corrected chi connectivity index (χ2v) is 2.73. The highest BCUT2D eigenvalue weighted by Gasteiger charge is 2.17. The van der Waals surface area contributed by atoms with Gasteiger partial charge in [-0.05, 0) is 6.42 Å². The van der Waals surface area contributed by atoms with Crippen LogP contribution in [-0.2, 0) is 9.59 Å². The second-order valence-electron chi connectivity index (χ2n) is 2.73. The average Bonchev–Trinajstić information content (AvgIpc) is 2.15. The summed E-state index contributed by atoms with van der Waals surface area (Å²) in [6.45, 7) is 1.86. The molecule has 0 heterocycles. The third-order valence-corrected chi connectivity index (χ3v) is 1.66. The van der Waals surface area contributed by atoms with Crippen molar-refractivity contribution in [2.45, 2.75) is 25.8 Å². The fourth-order valence-electron chi connectivity index (χ4n) is 0.985. The zero-order chi connectivity index (χ0) is 10.3. The van der Waals surface area contributed by atoms with Crippen molar-refractivity contribution < 1.29 is 9.59 Å². The molecule has 0 radical (unpaired) electrons. The normalized spacial score (nSPS) is 11.9. The SMILES string of the molecule is CCCC(NC(=O)CN)C(=O)NC. The highest BCUT2D eigenvalue weighted by molar-refractivity contribution is 5.87. The molecule has 76 valence electrons. The Morgan fingerprint density at radius 1 is 1.46 bits per heavy atom. The van der Waals surface area contributed by atoms with Gasteiger partial charge >= 0.3 is 0 Å². The number of nitrogens with two attached hydrogens (primary N) is 1. The van der Waals surface area contributed by atoms with Crippen LogP contribution < -0.4 is 16.4 Å². The fourth-order valence-corrected chi connectivity index (χ4v) is 0.985. The van der Waals surface area contributed by atoms with Gasteiger partial charge in [-0.1, -0.05) is 13.3 Å². The standard InChI is InChI=1S/C8H17N3O2/c1-3-4-6(8(13)10-2)11-7(12)5-9/h6H,3-5,9H2,1-2H3,(H,10,13)(H,11,12). The van der Waals surface area contributed by atoms with E-state index in [2.05, 4.69) is 10.6 Å². The second kappa shape index (κ2) is 6.42. The molecule has 0 aromatic heterocycles. The number of carbonyl (C=O) groups is 2. The maximum absolute atomic E-state index is 11.2. The summed E-state index contributed by atoms with van der Waals surface area (Å²) in [7, 11) is 1.54. The van der Waals surface area contributed by atoms with Crippen LogP contribution in [0.25, 0.3) is 0 Å². The molecule has 5 nitrogen and oxygen atoms in total. The first-order valence-corrected chi connectivity index (χ1v) is 4.36. The number of likely N-dealkylation sites (N-methyl/N-ethyl adjacent to an activating group) is 1. The van der Waals surface area contributed by atoms with Gasteiger partial charge in [-0.25, -0.2) is 0 Å². The van der Waals surface area contributed by atoms with Crippen molar-refractivity contribution in [2.24, 2.45) is 5.73 Å². The van der Waals surface area contributed by atoms with Gasteiger partial charge in [-0.3, -0.25) is 9.59 Å². The third kappa shape index (κ3) is 4.47. The van der Waals surface area contributed by atoms with Gasteiger partial charge in [0.15, 0.2) is 0 Å². The smallest absolute Gasteiger partial charge is 0.242 e. The van der Waals surface area contributed by atoms with Gasteiger partial charge in [0.2, 0.25) is 11.8 Å². The minimum atomic E-state index is -0.453. The molecule has 0 bridgehead atoms. The van der Waals surface area contributed by atoms with Crippen molar-refractivity contribution in [3.63, 3.8) is 0 Å². The summed E-state index contributed by atoms with van der Waals surface area (Å²) in [4.78, 5) is 22.1. The predicted octanol–water partition coefficient (Wildman–Crippen LogP) is -1.02. The van der Waals surface area contributed by atoms with Crippen molar-refractivity contribution in [3.8, 4) is 0 Å². The van der Waals surface area contributed by atoms with Crippen molar-refractivity contribution in [1.29, 1.82) is 0 Å². The maximum Gasteiger partial charge on any atom is 0.242 e. The highest BCUT2D eigenvalue weighted by Crippen LogP contribution is 1.96. The topological polar surface area (TPSA) is 84.2 Å². The van der Waals surface area contributed by atoms with Gasteiger partial charge in [0.05, 0.1) is 6.54 Å². The Balaban J connectivity index is 4.08. The molecule has 0 aliphatic heterocycles. The molecule has 13 heavy (non-hydrogen) atoms. The van der Waals surface area contributed by atoms with Crippen molar-refractivity contribution in [2.75, 3.05) is 13.6 Å². The van der Waals surface area contributed by atoms with E-state index in [1.165, 1.54) is 0 Å². The van der Waals surface area contributed by atoms with Gasteiger partial charge in [0, 0.05) is 7.05 Å². The largest absolute Gasteiger partial charge is 0.357 e. The van der Waals surface area contributed by atoms with Gasteiger partial charge in [0.25, 0.3) is 0 Å². The van der Waals surface area contributed by atoms with Crippen LogP contribution in [0.2, 0.25) is 0 Å². The lowest BCUT2D eigenvalue weighted by Gasteiger charge is -2.15. The van der Waals surface area contributed by atoms with Gasteiger partial charge in [-0.2, -0.15) is 0 Å². The number of amides is 2. The van der Waals surface area contributed by atoms with E-state index in [4.69, 9.17) is 5.73 Å². The predicted molar refractivity (Wildman–Crippen MR) is 50.0 cm³/mol. The summed E-state index contributed by atoms with van der Waals surface area (Å²) in [5, 5.41) is 5.03. The number of hydrogen-bond donors (Lipinski definition) is 3. The Bertz CT molecular complexity index is 182. The first kappa shape index (κ1) is 11.9. The van der Waals surface area contributed by atoms with Gasteiger partial charge < -0.3 is 16.4 Å². The summed E-state index contributed by atoms with van der Waals surface area (Å²) >= 11 is 0. The molecule has 2 amide bonds. The summed E-state index contributed by atoms with van der Waals surface area (Å²) in [6.07, 6.45) is 1.47. The first-order chi connectivity index (χ1) is 6.15. The van der Waals surface area contributed by atoms with Crippen LogP contribution >= 0.6 is 0 Å². The van der Waals surface area contributed by atoms with Crippen LogP contribution in [0, 0.1) is 0 Å². The minimum absolute atomic E-state index is 0.0861. The molecular weight excluding hydrogens is 170 g/mol. The van der Waals surface area contributed by atoms with Crippen molar-refractivity contribution in [1.82, 2.24) is 10.6 Å². The van der Waals surface area contributed by atoms with Crippen LogP contribution in [-0.4, -0.2) is 31.4 Å². The van der Waals surface area contributed by atoms with E-state index >= 15 is 0 Å². The minimum Gasteiger partial charge on any atom is -0.357 e. The summed E-state index contributed by atoms with van der Waals surface area (Å²) < 4.78 is 0. The van der Waals surface area contributed by atoms with Gasteiger partial charge in [0.1, 0.15) is 6.04 Å². The molecule has 0 saturated heterocycles. The molecule has 4 N–H and O–H groups in total. The van der Waals surface area contributed by atoms with E-state index in [0.717, 1.165) is 6.42 Å². The van der Waals surface area contributed by atoms with Crippen LogP contribution in [0.1, 0.15) is 19.8 Å². The van der Waals surface area contributed by atoms with E-state index in [0.29, 0.717) is 6.42 Å². The van der Waals surface area contributed by atoms with Gasteiger partial charge in [-0.15, -0.1) is 0 Å². The zero-order valence-electron chi connectivity index (χ0n) is 8.09. The van der Waals surface area contributed by atoms with Crippen LogP contribution in [0.5, 0.6) is 0 Å². The van der Waals surface area contributed by atoms with Crippen LogP contribution in [0.4, 0.5) is 0 Å². The van der Waals surface area contributed by atoms with Crippen molar-refractivity contribution in [3.05, 3.63) is 0 Å². The number of hydrogen-bond acceptors (Lipinski definition) is 3. The summed E-state index contributed by atoms with van der Waals surface area (Å²) in [6, 6.07) is -0.453. The molecule has 0 fully saturated rings. The first-order valence-electron chi connectivity index (χ1n) is 4.36. The Morgan fingerprint density at radius 3 is 2.46 bits per heavy atom. The Hall–Kier alpha value is -1.10. The van der Waals surface area contributed by atoms with E-state index in [-0.39, 0.29) is 18.4 Å². The molecule has 1 unspecified atom stereocenters. The quantitative estimate of drug-likeness (QED) is 0.515. The molecule has 0 aromatic carbocycles. The number of rotatable bonds is 5. The maximum atomic E-state index is 11.2. The average molecular weight is 187 g/mol. The summed E-state index contributed by atoms with van der Waals surface area (Å²) in [5.41, 5.74) is 5.11. The van der Waals surface area contributed by atoms with Crippen LogP contribution in [0.15, 0.2) is 0 Å². The van der Waals surface area contributed by atoms with Crippen LogP contribution in [0.3, 0.4) is 0 Å². The molecule has 0 aliphatic rings. The molecule has 0 rings (SSSR count). The number of carbonyl (C=O) groups excluding carboxylic acids is 2. The lowest BCUT2D eigenvalue weighted by Crippen LogP contribution is -2.47. The monoisotopic (exact) mass is 187 g/mol. The van der Waals surface area contributed by atoms with E-state index < -0.39 is 6.04 Å². The Kier molecular flexibility index (Phi) is 5.88. The summed E-state index contributed by atoms with van der Waals surface area (Å²) in [5.74, 6) is -0.481. The third-order valence-electron chi connectivity index (χ3n) is 1.66. The van der Waals surface area contributed by atoms with Crippen molar-refractivity contribution >= 4 is 11.8 Å². The van der Waals surface area contributed by atoms with E-state index in [1.807, 2.05) is 6.92 Å². The molecule has 0 aliphatic carbocycles. The zero-order valence-corrected chi connectivity index (χ0v) is 8.09. The molecule has 0 saturated carbocycles. The molecule has 0 spiro atoms. The van der Waals surface area contributed by atoms with E-state index in [1.54, 1.807) is 7.05 Å².